The van der Waals surface area contributed by atoms with Crippen LogP contribution in [0.15, 0.2) is 6.33 Å². The fourth-order valence-corrected chi connectivity index (χ4v) is 3.82. The lowest BCUT2D eigenvalue weighted by Crippen LogP contribution is -2.56. The van der Waals surface area contributed by atoms with E-state index in [0.717, 1.165) is 36.2 Å². The van der Waals surface area contributed by atoms with Crippen LogP contribution in [-0.4, -0.2) is 44.1 Å². The summed E-state index contributed by atoms with van der Waals surface area (Å²) in [4.78, 5) is 33.4. The number of hydrogen-bond acceptors (Lipinski definition) is 6. The quantitative estimate of drug-likeness (QED) is 0.816. The summed E-state index contributed by atoms with van der Waals surface area (Å²) in [7, 11) is 1.37. The molecule has 2 aromatic rings. The van der Waals surface area contributed by atoms with Crippen molar-refractivity contribution in [3.63, 3.8) is 0 Å². The number of hydrogen-bond donors (Lipinski definition) is 1. The Morgan fingerprint density at radius 1 is 1.27 bits per heavy atom. The molecular formula is C18H25N5O3. The van der Waals surface area contributed by atoms with Gasteiger partial charge < -0.3 is 10.1 Å². The Balaban J connectivity index is 1.71. The largest absolute Gasteiger partial charge is 0.467 e. The first-order valence-corrected chi connectivity index (χ1v) is 9.02. The lowest BCUT2D eigenvalue weighted by atomic mass is 9.81. The predicted octanol–water partition coefficient (Wildman–Crippen LogP) is 1.67. The molecule has 2 heterocycles. The lowest BCUT2D eigenvalue weighted by Gasteiger charge is -2.35. The van der Waals surface area contributed by atoms with Crippen molar-refractivity contribution < 1.29 is 14.3 Å². The molecule has 1 fully saturated rings. The van der Waals surface area contributed by atoms with Crippen molar-refractivity contribution in [2.45, 2.75) is 64.3 Å². The van der Waals surface area contributed by atoms with Gasteiger partial charge in [-0.3, -0.25) is 4.79 Å². The van der Waals surface area contributed by atoms with Gasteiger partial charge in [0.1, 0.15) is 11.9 Å². The number of amides is 1. The third-order valence-electron chi connectivity index (χ3n) is 5.25. The summed E-state index contributed by atoms with van der Waals surface area (Å²) in [6, 6.07) is 0. The van der Waals surface area contributed by atoms with Gasteiger partial charge in [0.2, 0.25) is 5.91 Å². The van der Waals surface area contributed by atoms with Crippen LogP contribution in [0.3, 0.4) is 0 Å². The predicted molar refractivity (Wildman–Crippen MR) is 94.6 cm³/mol. The van der Waals surface area contributed by atoms with E-state index in [9.17, 15) is 9.59 Å². The smallest absolute Gasteiger partial charge is 0.331 e. The first-order chi connectivity index (χ1) is 12.5. The highest BCUT2D eigenvalue weighted by atomic mass is 16.5. The topological polar surface area (TPSA) is 98.5 Å². The molecule has 26 heavy (non-hydrogen) atoms. The third kappa shape index (κ3) is 3.40. The third-order valence-corrected chi connectivity index (χ3v) is 5.25. The molecule has 0 aromatic carbocycles. The first-order valence-electron chi connectivity index (χ1n) is 9.02. The van der Waals surface area contributed by atoms with E-state index in [1.165, 1.54) is 13.4 Å². The molecule has 1 saturated carbocycles. The minimum atomic E-state index is -0.873. The highest BCUT2D eigenvalue weighted by molar-refractivity contribution is 5.88. The number of nitrogens with zero attached hydrogens (tertiary/aromatic N) is 4. The molecule has 3 rings (SSSR count). The molecule has 8 nitrogen and oxygen atoms in total. The second-order valence-corrected chi connectivity index (χ2v) is 6.92. The van der Waals surface area contributed by atoms with E-state index < -0.39 is 5.54 Å². The Kier molecular flexibility index (Phi) is 5.20. The molecule has 0 spiro atoms. The van der Waals surface area contributed by atoms with Gasteiger partial charge in [0, 0.05) is 17.8 Å². The lowest BCUT2D eigenvalue weighted by molar-refractivity contribution is -0.152. The van der Waals surface area contributed by atoms with Crippen molar-refractivity contribution in [3.8, 4) is 0 Å². The van der Waals surface area contributed by atoms with Crippen LogP contribution in [0.25, 0.3) is 5.78 Å². The number of aryl methyl sites for hydroxylation is 2. The van der Waals surface area contributed by atoms with Crippen LogP contribution >= 0.6 is 0 Å². The van der Waals surface area contributed by atoms with E-state index in [4.69, 9.17) is 4.74 Å². The minimum Gasteiger partial charge on any atom is -0.467 e. The molecule has 0 unspecified atom stereocenters. The normalized spacial score (nSPS) is 16.4. The van der Waals surface area contributed by atoms with Crippen LogP contribution in [0.5, 0.6) is 0 Å². The van der Waals surface area contributed by atoms with Crippen LogP contribution in [0.2, 0.25) is 0 Å². The van der Waals surface area contributed by atoms with Gasteiger partial charge in [-0.2, -0.15) is 10.1 Å². The van der Waals surface area contributed by atoms with Crippen LogP contribution in [0.4, 0.5) is 0 Å². The minimum absolute atomic E-state index is 0.144. The highest BCUT2D eigenvalue weighted by Gasteiger charge is 2.41. The van der Waals surface area contributed by atoms with E-state index in [1.807, 2.05) is 13.8 Å². The van der Waals surface area contributed by atoms with Gasteiger partial charge in [-0.15, -0.1) is 0 Å². The van der Waals surface area contributed by atoms with E-state index >= 15 is 0 Å². The van der Waals surface area contributed by atoms with Crippen LogP contribution in [0.1, 0.15) is 55.5 Å². The molecule has 1 N–H and O–H groups in total. The summed E-state index contributed by atoms with van der Waals surface area (Å²) >= 11 is 0. The van der Waals surface area contributed by atoms with Gasteiger partial charge in [0.15, 0.2) is 0 Å². The maximum Gasteiger partial charge on any atom is 0.331 e. The van der Waals surface area contributed by atoms with E-state index in [2.05, 4.69) is 20.4 Å². The number of aromatic nitrogens is 4. The zero-order valence-electron chi connectivity index (χ0n) is 15.5. The van der Waals surface area contributed by atoms with E-state index in [0.29, 0.717) is 25.0 Å². The maximum absolute atomic E-state index is 12.6. The monoisotopic (exact) mass is 359 g/mol. The molecule has 8 heteroatoms. The molecule has 0 radical (unpaired) electrons. The molecule has 0 aliphatic heterocycles. The zero-order valence-corrected chi connectivity index (χ0v) is 15.5. The van der Waals surface area contributed by atoms with Crippen LogP contribution < -0.4 is 5.32 Å². The SMILES string of the molecule is COC(=O)C1(NC(=O)CCc2c(C)nc3ncnn3c2C)CCCCC1. The number of methoxy groups -OCH3 is 1. The van der Waals surface area contributed by atoms with Gasteiger partial charge in [0.05, 0.1) is 7.11 Å². The van der Waals surface area contributed by atoms with Gasteiger partial charge in [-0.25, -0.2) is 14.3 Å². The van der Waals surface area contributed by atoms with Gasteiger partial charge in [-0.1, -0.05) is 19.3 Å². The van der Waals surface area contributed by atoms with Crippen LogP contribution in [0, 0.1) is 13.8 Å². The van der Waals surface area contributed by atoms with Crippen molar-refractivity contribution in [1.29, 1.82) is 0 Å². The molecule has 1 aliphatic rings. The Bertz CT molecular complexity index is 824. The molecule has 140 valence electrons. The summed E-state index contributed by atoms with van der Waals surface area (Å²) in [5, 5.41) is 7.12. The number of carbonyl (C=O) groups excluding carboxylic acids is 2. The van der Waals surface area contributed by atoms with E-state index in [1.54, 1.807) is 4.52 Å². The summed E-state index contributed by atoms with van der Waals surface area (Å²) in [5.74, 6) is 0.0680. The summed E-state index contributed by atoms with van der Waals surface area (Å²) in [6.07, 6.45) is 6.46. The second-order valence-electron chi connectivity index (χ2n) is 6.92. The number of carbonyl (C=O) groups is 2. The van der Waals surface area contributed by atoms with Crippen molar-refractivity contribution in [1.82, 2.24) is 24.9 Å². The summed E-state index contributed by atoms with van der Waals surface area (Å²) in [6.45, 7) is 3.85. The Labute approximate surface area is 152 Å². The number of fused-ring (bicyclic) bond motifs is 1. The Morgan fingerprint density at radius 2 is 2.00 bits per heavy atom. The molecule has 0 saturated heterocycles. The molecule has 1 aliphatic carbocycles. The fourth-order valence-electron chi connectivity index (χ4n) is 3.82. The first kappa shape index (κ1) is 18.3. The zero-order chi connectivity index (χ0) is 18.7. The van der Waals surface area contributed by atoms with Crippen molar-refractivity contribution in [2.75, 3.05) is 7.11 Å². The molecule has 2 aromatic heterocycles. The maximum atomic E-state index is 12.6. The van der Waals surface area contributed by atoms with Crippen molar-refractivity contribution in [2.24, 2.45) is 0 Å². The standard InChI is InChI=1S/C18H25N5O3/c1-12-14(13(2)23-17(21-12)19-11-20-23)7-8-15(24)22-18(16(25)26-3)9-5-4-6-10-18/h11H,4-10H2,1-3H3,(H,22,24). The average molecular weight is 359 g/mol. The van der Waals surface area contributed by atoms with Crippen molar-refractivity contribution >= 4 is 17.7 Å². The number of rotatable bonds is 5. The highest BCUT2D eigenvalue weighted by Crippen LogP contribution is 2.29. The van der Waals surface area contributed by atoms with Crippen LogP contribution in [-0.2, 0) is 20.7 Å². The molecule has 0 atom stereocenters. The molecule has 0 bridgehead atoms. The van der Waals surface area contributed by atoms with Gasteiger partial charge in [0.25, 0.3) is 5.78 Å². The molecular weight excluding hydrogens is 334 g/mol. The number of esters is 1. The van der Waals surface area contributed by atoms with E-state index in [-0.39, 0.29) is 18.3 Å². The van der Waals surface area contributed by atoms with Gasteiger partial charge in [-0.05, 0) is 38.7 Å². The Hall–Kier alpha value is -2.51. The summed E-state index contributed by atoms with van der Waals surface area (Å²) < 4.78 is 6.63. The Morgan fingerprint density at radius 3 is 2.69 bits per heavy atom. The summed E-state index contributed by atoms with van der Waals surface area (Å²) in [5.41, 5.74) is 1.88. The van der Waals surface area contributed by atoms with Gasteiger partial charge >= 0.3 is 5.97 Å². The number of nitrogens with one attached hydrogen (secondary N) is 1. The molecule has 1 amide bonds. The fraction of sp³-hybridized carbons (Fsp3) is 0.611. The van der Waals surface area contributed by atoms with Crippen molar-refractivity contribution in [3.05, 3.63) is 23.3 Å². The average Bonchev–Trinajstić information content (AvgIpc) is 3.10. The second kappa shape index (κ2) is 7.39. The number of ether oxygens (including phenoxy) is 1.